The SMILES string of the molecule is C1=CC2CCC1c1nc3ccccc3c(NCc3ccccc3)c12. The van der Waals surface area contributed by atoms with Crippen LogP contribution in [0.5, 0.6) is 0 Å². The van der Waals surface area contributed by atoms with Gasteiger partial charge in [-0.05, 0) is 24.5 Å². The first-order valence-corrected chi connectivity index (χ1v) is 8.79. The Balaban J connectivity index is 1.65. The normalized spacial score (nSPS) is 21.0. The van der Waals surface area contributed by atoms with Gasteiger partial charge in [-0.1, -0.05) is 60.7 Å². The van der Waals surface area contributed by atoms with Crippen LogP contribution in [-0.2, 0) is 6.54 Å². The summed E-state index contributed by atoms with van der Waals surface area (Å²) >= 11 is 0. The van der Waals surface area contributed by atoms with Gasteiger partial charge in [-0.25, -0.2) is 0 Å². The van der Waals surface area contributed by atoms with Crippen LogP contribution in [0.4, 0.5) is 5.69 Å². The zero-order valence-electron chi connectivity index (χ0n) is 13.6. The Bertz CT molecular complexity index is 927. The largest absolute Gasteiger partial charge is 0.380 e. The zero-order valence-corrected chi connectivity index (χ0v) is 13.6. The predicted molar refractivity (Wildman–Crippen MR) is 99.4 cm³/mol. The summed E-state index contributed by atoms with van der Waals surface area (Å²) in [5.74, 6) is 1.01. The minimum Gasteiger partial charge on any atom is -0.380 e. The molecule has 0 amide bonds. The van der Waals surface area contributed by atoms with Gasteiger partial charge in [0.1, 0.15) is 0 Å². The first-order chi connectivity index (χ1) is 11.9. The molecule has 3 aromatic rings. The molecule has 2 aromatic carbocycles. The van der Waals surface area contributed by atoms with E-state index in [1.54, 1.807) is 0 Å². The summed E-state index contributed by atoms with van der Waals surface area (Å²) in [5, 5.41) is 4.99. The lowest BCUT2D eigenvalue weighted by Crippen LogP contribution is -2.21. The maximum absolute atomic E-state index is 5.02. The summed E-state index contributed by atoms with van der Waals surface area (Å²) in [5.41, 5.74) is 6.43. The van der Waals surface area contributed by atoms with Crippen LogP contribution in [0.1, 0.15) is 41.5 Å². The summed E-state index contributed by atoms with van der Waals surface area (Å²) in [6, 6.07) is 19.1. The number of benzene rings is 2. The van der Waals surface area contributed by atoms with Gasteiger partial charge in [-0.15, -0.1) is 0 Å². The highest BCUT2D eigenvalue weighted by molar-refractivity contribution is 5.94. The van der Waals surface area contributed by atoms with E-state index in [9.17, 15) is 0 Å². The number of para-hydroxylation sites is 1. The van der Waals surface area contributed by atoms with Crippen LogP contribution in [-0.4, -0.2) is 4.98 Å². The van der Waals surface area contributed by atoms with Crippen molar-refractivity contribution < 1.29 is 0 Å². The minimum absolute atomic E-state index is 0.492. The van der Waals surface area contributed by atoms with Crippen LogP contribution >= 0.6 is 0 Å². The van der Waals surface area contributed by atoms with E-state index >= 15 is 0 Å². The predicted octanol–water partition coefficient (Wildman–Crippen LogP) is 5.38. The van der Waals surface area contributed by atoms with Crippen LogP contribution < -0.4 is 5.32 Å². The smallest absolute Gasteiger partial charge is 0.0726 e. The van der Waals surface area contributed by atoms with Gasteiger partial charge in [0.05, 0.1) is 11.2 Å². The standard InChI is InChI=1S/C22H20N2/c1-2-6-15(7-3-1)14-23-22-18-8-4-5-9-19(18)24-21-17-12-10-16(11-13-17)20(21)22/h1-10,12,16-17H,11,13-14H2,(H,23,24). The van der Waals surface area contributed by atoms with Crippen LogP contribution in [0.25, 0.3) is 10.9 Å². The summed E-state index contributed by atoms with van der Waals surface area (Å²) in [6.07, 6.45) is 7.23. The fraction of sp³-hybridized carbons (Fsp3) is 0.227. The summed E-state index contributed by atoms with van der Waals surface area (Å²) in [6.45, 7) is 0.850. The van der Waals surface area contributed by atoms with Crippen molar-refractivity contribution in [3.05, 3.63) is 83.6 Å². The summed E-state index contributed by atoms with van der Waals surface area (Å²) < 4.78 is 0. The average molecular weight is 312 g/mol. The maximum Gasteiger partial charge on any atom is 0.0726 e. The van der Waals surface area contributed by atoms with Gasteiger partial charge in [0.25, 0.3) is 0 Å². The van der Waals surface area contributed by atoms with E-state index in [0.29, 0.717) is 11.8 Å². The Kier molecular flexibility index (Phi) is 3.15. The second kappa shape index (κ2) is 5.48. The van der Waals surface area contributed by atoms with Gasteiger partial charge in [0.15, 0.2) is 0 Å². The molecular weight excluding hydrogens is 292 g/mol. The third-order valence-electron chi connectivity index (χ3n) is 5.36. The van der Waals surface area contributed by atoms with Crippen LogP contribution in [0, 0.1) is 0 Å². The van der Waals surface area contributed by atoms with Crippen molar-refractivity contribution in [3.8, 4) is 0 Å². The second-order valence-electron chi connectivity index (χ2n) is 6.82. The molecule has 0 fully saturated rings. The van der Waals surface area contributed by atoms with Gasteiger partial charge < -0.3 is 5.32 Å². The van der Waals surface area contributed by atoms with E-state index in [0.717, 1.165) is 12.1 Å². The maximum atomic E-state index is 5.02. The van der Waals surface area contributed by atoms with Crippen LogP contribution in [0.15, 0.2) is 66.7 Å². The van der Waals surface area contributed by atoms with E-state index in [1.165, 1.54) is 40.7 Å². The molecule has 2 unspecified atom stereocenters. The molecule has 0 radical (unpaired) electrons. The monoisotopic (exact) mass is 312 g/mol. The molecule has 0 saturated heterocycles. The van der Waals surface area contributed by atoms with Gasteiger partial charge in [0.2, 0.25) is 0 Å². The van der Waals surface area contributed by atoms with E-state index in [-0.39, 0.29) is 0 Å². The highest BCUT2D eigenvalue weighted by atomic mass is 14.9. The third kappa shape index (κ3) is 2.14. The highest BCUT2D eigenvalue weighted by Gasteiger charge is 2.33. The van der Waals surface area contributed by atoms with Crippen LogP contribution in [0.2, 0.25) is 0 Å². The van der Waals surface area contributed by atoms with Gasteiger partial charge in [-0.2, -0.15) is 0 Å². The van der Waals surface area contributed by atoms with Crippen molar-refractivity contribution in [2.75, 3.05) is 5.32 Å². The number of hydrogen-bond acceptors (Lipinski definition) is 2. The molecule has 3 aliphatic rings. The molecule has 6 rings (SSSR count). The Morgan fingerprint density at radius 3 is 2.46 bits per heavy atom. The molecule has 118 valence electrons. The van der Waals surface area contributed by atoms with E-state index in [2.05, 4.69) is 72.1 Å². The fourth-order valence-electron chi connectivity index (χ4n) is 4.17. The van der Waals surface area contributed by atoms with E-state index in [4.69, 9.17) is 4.98 Å². The molecule has 1 heterocycles. The Morgan fingerprint density at radius 2 is 1.62 bits per heavy atom. The second-order valence-corrected chi connectivity index (χ2v) is 6.82. The molecule has 0 spiro atoms. The molecule has 0 saturated carbocycles. The lowest BCUT2D eigenvalue weighted by molar-refractivity contribution is 0.543. The fourth-order valence-corrected chi connectivity index (χ4v) is 4.17. The van der Waals surface area contributed by atoms with Gasteiger partial charge >= 0.3 is 0 Å². The average Bonchev–Trinajstić information content (AvgIpc) is 2.67. The molecule has 1 N–H and O–H groups in total. The number of rotatable bonds is 3. The van der Waals surface area contributed by atoms with Crippen molar-refractivity contribution >= 4 is 16.6 Å². The Morgan fingerprint density at radius 1 is 0.875 bits per heavy atom. The first kappa shape index (κ1) is 13.8. The number of pyridine rings is 1. The lowest BCUT2D eigenvalue weighted by atomic mass is 9.73. The third-order valence-corrected chi connectivity index (χ3v) is 5.36. The summed E-state index contributed by atoms with van der Waals surface area (Å²) in [4.78, 5) is 5.02. The van der Waals surface area contributed by atoms with Crippen molar-refractivity contribution in [2.45, 2.75) is 31.2 Å². The lowest BCUT2D eigenvalue weighted by Gasteiger charge is -2.35. The summed E-state index contributed by atoms with van der Waals surface area (Å²) in [7, 11) is 0. The number of hydrogen-bond donors (Lipinski definition) is 1. The number of nitrogens with one attached hydrogen (secondary N) is 1. The Hall–Kier alpha value is -2.61. The van der Waals surface area contributed by atoms with Crippen molar-refractivity contribution in [3.63, 3.8) is 0 Å². The topological polar surface area (TPSA) is 24.9 Å². The number of anilines is 1. The first-order valence-electron chi connectivity index (χ1n) is 8.79. The minimum atomic E-state index is 0.492. The quantitative estimate of drug-likeness (QED) is 0.657. The zero-order chi connectivity index (χ0) is 15.9. The molecular formula is C22H20N2. The van der Waals surface area contributed by atoms with Crippen LogP contribution in [0.3, 0.4) is 0 Å². The van der Waals surface area contributed by atoms with Gasteiger partial charge in [-0.3, -0.25) is 4.98 Å². The Labute approximate surface area is 142 Å². The molecule has 2 heteroatoms. The molecule has 24 heavy (non-hydrogen) atoms. The van der Waals surface area contributed by atoms with E-state index < -0.39 is 0 Å². The van der Waals surface area contributed by atoms with Crippen molar-refractivity contribution in [1.82, 2.24) is 4.98 Å². The number of fused-ring (bicyclic) bond motifs is 2. The van der Waals surface area contributed by atoms with Crippen molar-refractivity contribution in [2.24, 2.45) is 0 Å². The molecule has 0 aliphatic heterocycles. The van der Waals surface area contributed by atoms with Gasteiger partial charge in [0, 0.05) is 35.0 Å². The molecule has 2 bridgehead atoms. The highest BCUT2D eigenvalue weighted by Crippen LogP contribution is 2.48. The molecule has 2 atom stereocenters. The number of aromatic nitrogens is 1. The molecule has 3 aliphatic carbocycles. The number of nitrogens with zero attached hydrogens (tertiary/aromatic N) is 1. The number of allylic oxidation sites excluding steroid dienone is 2. The van der Waals surface area contributed by atoms with E-state index in [1.807, 2.05) is 0 Å². The molecule has 2 nitrogen and oxygen atoms in total. The molecule has 1 aromatic heterocycles. The van der Waals surface area contributed by atoms with Crippen molar-refractivity contribution in [1.29, 1.82) is 0 Å².